The first kappa shape index (κ1) is 39.3. The minimum Gasteiger partial charge on any atom is -0.454 e. The molecule has 302 valence electrons. The van der Waals surface area contributed by atoms with Crippen LogP contribution in [0.1, 0.15) is 65.7 Å². The third-order valence-corrected chi connectivity index (χ3v) is 12.7. The zero-order chi connectivity index (χ0) is 41.3. The molecule has 60 heavy (non-hydrogen) atoms. The summed E-state index contributed by atoms with van der Waals surface area (Å²) in [6.45, 7) is 9.01. The number of halogens is 1. The van der Waals surface area contributed by atoms with Crippen LogP contribution in [0.2, 0.25) is 5.02 Å². The van der Waals surface area contributed by atoms with Gasteiger partial charge in [0.2, 0.25) is 0 Å². The molecule has 6 aromatic carbocycles. The number of hydrogen-bond acceptors (Lipinski definition) is 5. The lowest BCUT2D eigenvalue weighted by Crippen LogP contribution is -2.47. The second kappa shape index (κ2) is 16.5. The number of benzene rings is 6. The SMILES string of the molecule is CC1(C)CCC(CN2CCN(c3cccc(C(N)=O)c3Oc3cccc4nn(C(c5ccccc5)(c5ccccc5)c5ccccc5)cc34)CC2)=C(c2ccc(Cl)cc2)C1. The Balaban J connectivity index is 1.05. The number of anilines is 1. The summed E-state index contributed by atoms with van der Waals surface area (Å²) in [6, 6.07) is 51.4. The monoisotopic (exact) mass is 811 g/mol. The maximum Gasteiger partial charge on any atom is 0.252 e. The number of ether oxygens (including phenoxy) is 1. The van der Waals surface area contributed by atoms with Gasteiger partial charge < -0.3 is 15.4 Å². The molecule has 1 saturated heterocycles. The van der Waals surface area contributed by atoms with E-state index in [1.807, 2.05) is 60.7 Å². The van der Waals surface area contributed by atoms with Gasteiger partial charge in [0.1, 0.15) is 11.3 Å². The van der Waals surface area contributed by atoms with Crippen LogP contribution in [0.5, 0.6) is 11.5 Å². The zero-order valence-corrected chi connectivity index (χ0v) is 35.0. The summed E-state index contributed by atoms with van der Waals surface area (Å²) in [5.74, 6) is 0.519. The first-order chi connectivity index (χ1) is 29.2. The van der Waals surface area contributed by atoms with Crippen LogP contribution >= 0.6 is 11.6 Å². The minimum atomic E-state index is -0.796. The lowest BCUT2D eigenvalue weighted by atomic mass is 9.72. The number of carbonyl (C=O) groups is 1. The summed E-state index contributed by atoms with van der Waals surface area (Å²) in [5.41, 5.74) is 15.0. The normalized spacial score (nSPS) is 15.9. The van der Waals surface area contributed by atoms with Crippen molar-refractivity contribution in [3.8, 4) is 11.5 Å². The predicted octanol–water partition coefficient (Wildman–Crippen LogP) is 11.2. The summed E-state index contributed by atoms with van der Waals surface area (Å²) >= 11 is 6.29. The zero-order valence-electron chi connectivity index (χ0n) is 34.2. The highest BCUT2D eigenvalue weighted by molar-refractivity contribution is 6.30. The Morgan fingerprint density at radius 1 is 0.750 bits per heavy atom. The van der Waals surface area contributed by atoms with Gasteiger partial charge in [-0.25, -0.2) is 0 Å². The summed E-state index contributed by atoms with van der Waals surface area (Å²) in [5, 5.41) is 6.88. The van der Waals surface area contributed by atoms with E-state index in [-0.39, 0.29) is 5.41 Å². The van der Waals surface area contributed by atoms with Crippen LogP contribution in [0.15, 0.2) is 163 Å². The minimum absolute atomic E-state index is 0.261. The van der Waals surface area contributed by atoms with E-state index >= 15 is 0 Å². The number of piperazine rings is 1. The summed E-state index contributed by atoms with van der Waals surface area (Å²) < 4.78 is 8.99. The van der Waals surface area contributed by atoms with E-state index < -0.39 is 11.4 Å². The third kappa shape index (κ3) is 7.60. The molecule has 2 N–H and O–H groups in total. The number of fused-ring (bicyclic) bond motifs is 1. The van der Waals surface area contributed by atoms with E-state index in [2.05, 4.69) is 119 Å². The highest BCUT2D eigenvalue weighted by atomic mass is 35.5. The molecule has 2 aliphatic rings. The van der Waals surface area contributed by atoms with Crippen LogP contribution in [0.4, 0.5) is 5.69 Å². The number of hydrogen-bond donors (Lipinski definition) is 1. The van der Waals surface area contributed by atoms with Crippen molar-refractivity contribution in [3.05, 3.63) is 196 Å². The highest BCUT2D eigenvalue weighted by Gasteiger charge is 2.40. The second-order valence-corrected chi connectivity index (χ2v) is 17.3. The Morgan fingerprint density at radius 2 is 1.35 bits per heavy atom. The molecule has 0 saturated carbocycles. The van der Waals surface area contributed by atoms with Crippen molar-refractivity contribution in [2.24, 2.45) is 11.1 Å². The molecule has 0 spiro atoms. The Bertz CT molecular complexity index is 2550. The van der Waals surface area contributed by atoms with Crippen molar-refractivity contribution >= 4 is 39.7 Å². The molecule has 7 nitrogen and oxygen atoms in total. The quantitative estimate of drug-likeness (QED) is 0.132. The van der Waals surface area contributed by atoms with Crippen molar-refractivity contribution in [3.63, 3.8) is 0 Å². The molecule has 7 aromatic rings. The largest absolute Gasteiger partial charge is 0.454 e. The van der Waals surface area contributed by atoms with Gasteiger partial charge in [-0.1, -0.05) is 146 Å². The maximum atomic E-state index is 13.1. The fourth-order valence-corrected chi connectivity index (χ4v) is 9.40. The van der Waals surface area contributed by atoms with E-state index in [0.717, 1.165) is 83.9 Å². The molecule has 1 fully saturated rings. The lowest BCUT2D eigenvalue weighted by molar-refractivity contribution is 0.0998. The molecular formula is C52H50ClN5O2. The standard InChI is InChI=1S/C52H50ClN5O2/c1-51(2)29-28-38(44(34-51)37-24-26-42(53)27-25-37)35-56-30-32-57(33-31-56)47-22-12-20-43(50(54)59)49(47)60-48-23-13-21-46-45(48)36-58(55-46)52(39-14-6-3-7-15-39,40-16-8-4-9-17-40)41-18-10-5-11-19-41/h3-27,36H,28-35H2,1-2H3,(H2,54,59). The van der Waals surface area contributed by atoms with Crippen LogP contribution < -0.4 is 15.4 Å². The van der Waals surface area contributed by atoms with E-state index in [1.54, 1.807) is 6.07 Å². The van der Waals surface area contributed by atoms with Gasteiger partial charge >= 0.3 is 0 Å². The lowest BCUT2D eigenvalue weighted by Gasteiger charge is -2.39. The van der Waals surface area contributed by atoms with E-state index in [1.165, 1.54) is 23.1 Å². The maximum absolute atomic E-state index is 13.1. The van der Waals surface area contributed by atoms with Gasteiger partial charge in [-0.05, 0) is 88.9 Å². The first-order valence-electron chi connectivity index (χ1n) is 20.9. The van der Waals surface area contributed by atoms with Gasteiger partial charge in [-0.3, -0.25) is 14.4 Å². The van der Waals surface area contributed by atoms with E-state index in [9.17, 15) is 4.79 Å². The van der Waals surface area contributed by atoms with Crippen LogP contribution in [0, 0.1) is 5.41 Å². The number of para-hydroxylation sites is 1. The van der Waals surface area contributed by atoms with Crippen molar-refractivity contribution in [1.82, 2.24) is 14.7 Å². The van der Waals surface area contributed by atoms with E-state index in [4.69, 9.17) is 27.2 Å². The molecule has 2 heterocycles. The molecule has 1 aliphatic carbocycles. The van der Waals surface area contributed by atoms with Crippen LogP contribution in [-0.2, 0) is 5.54 Å². The Hall–Kier alpha value is -6.15. The molecule has 0 unspecified atom stereocenters. The van der Waals surface area contributed by atoms with Crippen LogP contribution in [0.25, 0.3) is 16.5 Å². The first-order valence-corrected chi connectivity index (χ1v) is 21.3. The number of aromatic nitrogens is 2. The molecule has 8 heteroatoms. The average molecular weight is 812 g/mol. The van der Waals surface area contributed by atoms with Crippen molar-refractivity contribution in [1.29, 1.82) is 0 Å². The average Bonchev–Trinajstić information content (AvgIpc) is 3.72. The summed E-state index contributed by atoms with van der Waals surface area (Å²) in [7, 11) is 0. The summed E-state index contributed by atoms with van der Waals surface area (Å²) in [4.78, 5) is 18.0. The van der Waals surface area contributed by atoms with Gasteiger partial charge in [0.25, 0.3) is 5.91 Å². The summed E-state index contributed by atoms with van der Waals surface area (Å²) in [6.07, 6.45) is 5.40. The topological polar surface area (TPSA) is 76.6 Å². The predicted molar refractivity (Wildman–Crippen MR) is 244 cm³/mol. The number of nitrogens with two attached hydrogens (primary N) is 1. The molecule has 1 aromatic heterocycles. The number of amides is 1. The van der Waals surface area contributed by atoms with Gasteiger partial charge in [0.05, 0.1) is 22.2 Å². The van der Waals surface area contributed by atoms with Gasteiger partial charge in [0, 0.05) is 43.9 Å². The van der Waals surface area contributed by atoms with Gasteiger partial charge in [0.15, 0.2) is 5.75 Å². The molecule has 9 rings (SSSR count). The second-order valence-electron chi connectivity index (χ2n) is 16.9. The van der Waals surface area contributed by atoms with Gasteiger partial charge in [-0.15, -0.1) is 0 Å². The highest BCUT2D eigenvalue weighted by Crippen LogP contribution is 2.45. The number of primary amides is 1. The molecule has 1 aliphatic heterocycles. The number of allylic oxidation sites excluding steroid dienone is 1. The number of carbonyl (C=O) groups excluding carboxylic acids is 1. The van der Waals surface area contributed by atoms with Gasteiger partial charge in [-0.2, -0.15) is 5.10 Å². The molecule has 0 bridgehead atoms. The smallest absolute Gasteiger partial charge is 0.252 e. The van der Waals surface area contributed by atoms with Crippen molar-refractivity contribution in [2.75, 3.05) is 37.6 Å². The van der Waals surface area contributed by atoms with Crippen molar-refractivity contribution < 1.29 is 9.53 Å². The van der Waals surface area contributed by atoms with Crippen LogP contribution in [0.3, 0.4) is 0 Å². The third-order valence-electron chi connectivity index (χ3n) is 12.4. The molecule has 0 radical (unpaired) electrons. The van der Waals surface area contributed by atoms with Crippen LogP contribution in [-0.4, -0.2) is 53.3 Å². The Kier molecular flexibility index (Phi) is 10.8. The van der Waals surface area contributed by atoms with Crippen molar-refractivity contribution in [2.45, 2.75) is 38.6 Å². The fourth-order valence-electron chi connectivity index (χ4n) is 9.28. The number of nitrogens with zero attached hydrogens (tertiary/aromatic N) is 4. The Morgan fingerprint density at radius 3 is 1.95 bits per heavy atom. The molecular weight excluding hydrogens is 762 g/mol. The fraction of sp³-hybridized carbons (Fsp3) is 0.231. The number of rotatable bonds is 11. The van der Waals surface area contributed by atoms with E-state index in [0.29, 0.717) is 17.1 Å². The Labute approximate surface area is 357 Å². The molecule has 0 atom stereocenters. The molecule has 1 amide bonds.